The predicted molar refractivity (Wildman–Crippen MR) is 120 cm³/mol. The Balaban J connectivity index is 1.45. The highest BCUT2D eigenvalue weighted by atomic mass is 16.1. The molecule has 162 valence electrons. The minimum absolute atomic E-state index is 0.0242. The molecule has 2 aromatic heterocycles. The molecular weight excluding hydrogens is 406 g/mol. The minimum Gasteiger partial charge on any atom is -0.322 e. The lowest BCUT2D eigenvalue weighted by atomic mass is 10.1. The van der Waals surface area contributed by atoms with Crippen molar-refractivity contribution in [2.45, 2.75) is 38.6 Å². The number of rotatable bonds is 3. The van der Waals surface area contributed by atoms with E-state index in [0.717, 1.165) is 43.5 Å². The second-order valence-corrected chi connectivity index (χ2v) is 8.04. The summed E-state index contributed by atoms with van der Waals surface area (Å²) in [6.07, 6.45) is 5.09. The Kier molecular flexibility index (Phi) is 5.22. The summed E-state index contributed by atoms with van der Waals surface area (Å²) in [5.41, 5.74) is 2.41. The number of aryl methyl sites for hydroxylation is 2. The highest BCUT2D eigenvalue weighted by molar-refractivity contribution is 6.06. The quantitative estimate of drug-likeness (QED) is 0.536. The van der Waals surface area contributed by atoms with Crippen molar-refractivity contribution < 1.29 is 4.79 Å². The van der Waals surface area contributed by atoms with E-state index in [-0.39, 0.29) is 11.5 Å². The maximum atomic E-state index is 13.0. The van der Waals surface area contributed by atoms with Crippen LogP contribution in [-0.4, -0.2) is 35.7 Å². The topological polar surface area (TPSA) is 108 Å². The van der Waals surface area contributed by atoms with Gasteiger partial charge in [-0.1, -0.05) is 25.0 Å². The first-order chi connectivity index (χ1) is 15.6. The molecule has 2 aromatic carbocycles. The van der Waals surface area contributed by atoms with Crippen molar-refractivity contribution in [3.63, 3.8) is 0 Å². The van der Waals surface area contributed by atoms with Gasteiger partial charge >= 0.3 is 0 Å². The van der Waals surface area contributed by atoms with Gasteiger partial charge < -0.3 is 5.32 Å². The summed E-state index contributed by atoms with van der Waals surface area (Å²) in [6, 6.07) is 12.4. The molecule has 32 heavy (non-hydrogen) atoms. The van der Waals surface area contributed by atoms with E-state index in [9.17, 15) is 9.59 Å². The van der Waals surface area contributed by atoms with Gasteiger partial charge in [-0.05, 0) is 53.6 Å². The number of amides is 1. The van der Waals surface area contributed by atoms with Crippen LogP contribution >= 0.6 is 0 Å². The molecule has 0 aliphatic carbocycles. The highest BCUT2D eigenvalue weighted by Crippen LogP contribution is 2.21. The van der Waals surface area contributed by atoms with Crippen LogP contribution in [-0.2, 0) is 20.0 Å². The molecular formula is C23H23N7O2. The average Bonchev–Trinajstić information content (AvgIpc) is 3.21. The van der Waals surface area contributed by atoms with E-state index in [1.165, 1.54) is 0 Å². The number of nitrogens with zero attached hydrogens (tertiary/aromatic N) is 6. The summed E-state index contributed by atoms with van der Waals surface area (Å²) in [7, 11) is 1.76. The lowest BCUT2D eigenvalue weighted by molar-refractivity contribution is 0.102. The zero-order chi connectivity index (χ0) is 22.1. The van der Waals surface area contributed by atoms with Crippen LogP contribution in [0.5, 0.6) is 0 Å². The molecule has 5 rings (SSSR count). The molecule has 1 amide bonds. The number of carbonyl (C=O) groups excluding carboxylic acids is 1. The van der Waals surface area contributed by atoms with Crippen LogP contribution in [0.25, 0.3) is 22.3 Å². The first-order valence-corrected chi connectivity index (χ1v) is 10.8. The molecule has 0 saturated heterocycles. The monoisotopic (exact) mass is 429 g/mol. The largest absolute Gasteiger partial charge is 0.322 e. The Bertz CT molecular complexity index is 1370. The van der Waals surface area contributed by atoms with Crippen LogP contribution in [0.4, 0.5) is 5.69 Å². The Morgan fingerprint density at radius 3 is 2.78 bits per heavy atom. The number of fused-ring (bicyclic) bond motifs is 2. The van der Waals surface area contributed by atoms with Crippen molar-refractivity contribution in [1.29, 1.82) is 0 Å². The van der Waals surface area contributed by atoms with Crippen LogP contribution in [0.1, 0.15) is 41.9 Å². The van der Waals surface area contributed by atoms with E-state index in [0.29, 0.717) is 34.5 Å². The van der Waals surface area contributed by atoms with Crippen molar-refractivity contribution in [3.8, 4) is 11.4 Å². The van der Waals surface area contributed by atoms with E-state index in [4.69, 9.17) is 4.98 Å². The van der Waals surface area contributed by atoms with Gasteiger partial charge in [0.15, 0.2) is 5.82 Å². The summed E-state index contributed by atoms with van der Waals surface area (Å²) in [5, 5.41) is 15.0. The molecule has 1 aliphatic rings. The summed E-state index contributed by atoms with van der Waals surface area (Å²) in [6.45, 7) is 0.705. The van der Waals surface area contributed by atoms with Crippen molar-refractivity contribution in [2.24, 2.45) is 7.05 Å². The van der Waals surface area contributed by atoms with Gasteiger partial charge in [0.2, 0.25) is 0 Å². The van der Waals surface area contributed by atoms with E-state index < -0.39 is 0 Å². The number of carbonyl (C=O) groups is 1. The summed E-state index contributed by atoms with van der Waals surface area (Å²) in [4.78, 5) is 30.7. The number of nitrogens with one attached hydrogen (secondary N) is 1. The fourth-order valence-corrected chi connectivity index (χ4v) is 4.15. The molecule has 3 heterocycles. The Morgan fingerprint density at radius 1 is 1.06 bits per heavy atom. The van der Waals surface area contributed by atoms with Crippen molar-refractivity contribution in [1.82, 2.24) is 29.8 Å². The third-order valence-electron chi connectivity index (χ3n) is 5.83. The minimum atomic E-state index is -0.270. The van der Waals surface area contributed by atoms with Crippen LogP contribution in [0.2, 0.25) is 0 Å². The van der Waals surface area contributed by atoms with E-state index in [1.807, 2.05) is 18.2 Å². The molecule has 0 unspecified atom stereocenters. The first-order valence-electron chi connectivity index (χ1n) is 10.8. The number of anilines is 1. The van der Waals surface area contributed by atoms with Gasteiger partial charge in [0.1, 0.15) is 5.82 Å². The summed E-state index contributed by atoms with van der Waals surface area (Å²) < 4.78 is 3.37. The van der Waals surface area contributed by atoms with Crippen molar-refractivity contribution >= 4 is 22.5 Å². The van der Waals surface area contributed by atoms with Gasteiger partial charge in [-0.2, -0.15) is 0 Å². The molecule has 4 aromatic rings. The molecule has 0 bridgehead atoms. The SMILES string of the molecule is Cn1nnnc1-c1cccc(NC(=O)c2ccc3c(=O)n4c(nc3c2)CCCCCC4)c1. The van der Waals surface area contributed by atoms with Gasteiger partial charge in [-0.25, -0.2) is 9.67 Å². The zero-order valence-electron chi connectivity index (χ0n) is 17.8. The lowest BCUT2D eigenvalue weighted by Crippen LogP contribution is -2.26. The lowest BCUT2D eigenvalue weighted by Gasteiger charge is -2.16. The highest BCUT2D eigenvalue weighted by Gasteiger charge is 2.15. The molecule has 9 heteroatoms. The Morgan fingerprint density at radius 2 is 1.94 bits per heavy atom. The molecule has 0 atom stereocenters. The van der Waals surface area contributed by atoms with E-state index >= 15 is 0 Å². The molecule has 0 radical (unpaired) electrons. The van der Waals surface area contributed by atoms with Gasteiger partial charge in [0.25, 0.3) is 11.5 Å². The first kappa shape index (κ1) is 20.0. The number of hydrogen-bond acceptors (Lipinski definition) is 6. The van der Waals surface area contributed by atoms with Gasteiger partial charge in [-0.3, -0.25) is 14.2 Å². The Labute approximate surface area is 184 Å². The van der Waals surface area contributed by atoms with Crippen LogP contribution < -0.4 is 10.9 Å². The third-order valence-corrected chi connectivity index (χ3v) is 5.83. The molecule has 9 nitrogen and oxygen atoms in total. The second kappa shape index (κ2) is 8.33. The standard InChI is InChI=1S/C23H23N7O2/c1-29-21(26-27-28-29)15-7-6-8-17(13-15)24-22(31)16-10-11-18-19(14-16)25-20-9-4-2-3-5-12-30(20)23(18)32/h6-8,10-11,13-14H,2-5,9,12H2,1H3,(H,24,31). The maximum Gasteiger partial charge on any atom is 0.261 e. The zero-order valence-corrected chi connectivity index (χ0v) is 17.8. The maximum absolute atomic E-state index is 13.0. The fraction of sp³-hybridized carbons (Fsp3) is 0.304. The van der Waals surface area contributed by atoms with Crippen molar-refractivity contribution in [3.05, 3.63) is 64.2 Å². The van der Waals surface area contributed by atoms with E-state index in [2.05, 4.69) is 20.8 Å². The number of aromatic nitrogens is 6. The summed E-state index contributed by atoms with van der Waals surface area (Å²) >= 11 is 0. The fourth-order valence-electron chi connectivity index (χ4n) is 4.15. The van der Waals surface area contributed by atoms with E-state index in [1.54, 1.807) is 40.6 Å². The normalized spacial score (nSPS) is 13.9. The number of tetrazole rings is 1. The molecule has 1 aliphatic heterocycles. The molecule has 0 spiro atoms. The van der Waals surface area contributed by atoms with Gasteiger partial charge in [0, 0.05) is 36.8 Å². The molecule has 0 fully saturated rings. The molecule has 1 N–H and O–H groups in total. The predicted octanol–water partition coefficient (Wildman–Crippen LogP) is 2.96. The second-order valence-electron chi connectivity index (χ2n) is 8.04. The summed E-state index contributed by atoms with van der Waals surface area (Å²) in [5.74, 6) is 1.14. The Hall–Kier alpha value is -3.88. The van der Waals surface area contributed by atoms with Gasteiger partial charge in [-0.15, -0.1) is 5.10 Å². The van der Waals surface area contributed by atoms with Crippen molar-refractivity contribution in [2.75, 3.05) is 5.32 Å². The molecule has 0 saturated carbocycles. The average molecular weight is 429 g/mol. The van der Waals surface area contributed by atoms with Gasteiger partial charge in [0.05, 0.1) is 10.9 Å². The smallest absolute Gasteiger partial charge is 0.261 e. The number of benzene rings is 2. The van der Waals surface area contributed by atoms with Crippen LogP contribution in [0.3, 0.4) is 0 Å². The van der Waals surface area contributed by atoms with Crippen LogP contribution in [0.15, 0.2) is 47.3 Å². The van der Waals surface area contributed by atoms with Crippen LogP contribution in [0, 0.1) is 0 Å². The third kappa shape index (κ3) is 3.77. The number of hydrogen-bond donors (Lipinski definition) is 1.